The lowest BCUT2D eigenvalue weighted by atomic mass is 10.1. The maximum absolute atomic E-state index is 11.7. The third-order valence-electron chi connectivity index (χ3n) is 3.22. The fraction of sp³-hybridized carbons (Fsp3) is 0.278. The normalized spacial score (nSPS) is 10.1. The van der Waals surface area contributed by atoms with E-state index in [1.165, 1.54) is 5.56 Å². The molecule has 2 amide bonds. The summed E-state index contributed by atoms with van der Waals surface area (Å²) in [5.41, 5.74) is 1.17. The monoisotopic (exact) mass is 392 g/mol. The fourth-order valence-corrected chi connectivity index (χ4v) is 2.32. The third kappa shape index (κ3) is 6.12. The standard InChI is InChI=1S/C18H21BrN2O3/c1-2-23-16-5-3-4-6-17(16)24-13-21-18(22)20-12-11-14-7-9-15(19)10-8-14/h3-10H,2,11-13H2,1H3,(H2,20,21,22). The Balaban J connectivity index is 1.67. The van der Waals surface area contributed by atoms with Crippen molar-refractivity contribution in [2.45, 2.75) is 13.3 Å². The zero-order chi connectivity index (χ0) is 17.2. The summed E-state index contributed by atoms with van der Waals surface area (Å²) in [4.78, 5) is 11.7. The lowest BCUT2D eigenvalue weighted by Crippen LogP contribution is -2.38. The van der Waals surface area contributed by atoms with Crippen LogP contribution < -0.4 is 20.1 Å². The summed E-state index contributed by atoms with van der Waals surface area (Å²) in [5.74, 6) is 1.27. The van der Waals surface area contributed by atoms with E-state index >= 15 is 0 Å². The first-order chi connectivity index (χ1) is 11.7. The molecule has 128 valence electrons. The molecule has 0 aliphatic carbocycles. The molecule has 24 heavy (non-hydrogen) atoms. The Morgan fingerprint density at radius 1 is 1.00 bits per heavy atom. The van der Waals surface area contributed by atoms with Crippen LogP contribution in [0.3, 0.4) is 0 Å². The van der Waals surface area contributed by atoms with Crippen LogP contribution in [0.1, 0.15) is 12.5 Å². The summed E-state index contributed by atoms with van der Waals surface area (Å²) < 4.78 is 12.0. The zero-order valence-corrected chi connectivity index (χ0v) is 15.1. The molecule has 2 aromatic carbocycles. The number of nitrogens with one attached hydrogen (secondary N) is 2. The first kappa shape index (κ1) is 18.1. The van der Waals surface area contributed by atoms with Gasteiger partial charge in [-0.05, 0) is 43.2 Å². The lowest BCUT2D eigenvalue weighted by molar-refractivity contribution is 0.220. The summed E-state index contributed by atoms with van der Waals surface area (Å²) in [6.07, 6.45) is 0.773. The molecule has 0 aliphatic heterocycles. The SMILES string of the molecule is CCOc1ccccc1OCNC(=O)NCCc1ccc(Br)cc1. The van der Waals surface area contributed by atoms with Crippen molar-refractivity contribution in [3.05, 3.63) is 58.6 Å². The number of hydrogen-bond donors (Lipinski definition) is 2. The highest BCUT2D eigenvalue weighted by molar-refractivity contribution is 9.10. The molecule has 0 atom stereocenters. The number of benzene rings is 2. The van der Waals surface area contributed by atoms with Crippen LogP contribution in [-0.2, 0) is 6.42 Å². The molecule has 0 spiro atoms. The summed E-state index contributed by atoms with van der Waals surface area (Å²) >= 11 is 3.40. The number of carbonyl (C=O) groups is 1. The van der Waals surface area contributed by atoms with Gasteiger partial charge in [-0.2, -0.15) is 0 Å². The molecule has 0 saturated carbocycles. The second-order valence-electron chi connectivity index (χ2n) is 4.98. The van der Waals surface area contributed by atoms with E-state index < -0.39 is 0 Å². The van der Waals surface area contributed by atoms with Crippen LogP contribution in [0, 0.1) is 0 Å². The summed E-state index contributed by atoms with van der Waals surface area (Å²) in [7, 11) is 0. The van der Waals surface area contributed by atoms with E-state index in [2.05, 4.69) is 26.6 Å². The predicted octanol–water partition coefficient (Wildman–Crippen LogP) is 3.73. The van der Waals surface area contributed by atoms with Crippen LogP contribution in [-0.4, -0.2) is 25.9 Å². The number of carbonyl (C=O) groups excluding carboxylic acids is 1. The van der Waals surface area contributed by atoms with Crippen molar-refractivity contribution >= 4 is 22.0 Å². The first-order valence-electron chi connectivity index (χ1n) is 7.80. The van der Waals surface area contributed by atoms with Crippen molar-refractivity contribution in [1.82, 2.24) is 10.6 Å². The minimum atomic E-state index is -0.263. The van der Waals surface area contributed by atoms with Gasteiger partial charge in [0.15, 0.2) is 18.2 Å². The number of halogens is 1. The highest BCUT2D eigenvalue weighted by Gasteiger charge is 2.04. The van der Waals surface area contributed by atoms with E-state index in [-0.39, 0.29) is 12.8 Å². The van der Waals surface area contributed by atoms with Crippen LogP contribution in [0.25, 0.3) is 0 Å². The van der Waals surface area contributed by atoms with Crippen LogP contribution in [0.5, 0.6) is 11.5 Å². The third-order valence-corrected chi connectivity index (χ3v) is 3.75. The average molecular weight is 393 g/mol. The molecule has 2 rings (SSSR count). The van der Waals surface area contributed by atoms with Crippen molar-refractivity contribution in [2.75, 3.05) is 19.9 Å². The number of rotatable bonds is 8. The van der Waals surface area contributed by atoms with Gasteiger partial charge in [-0.15, -0.1) is 0 Å². The van der Waals surface area contributed by atoms with E-state index in [4.69, 9.17) is 9.47 Å². The Bertz CT molecular complexity index is 647. The summed E-state index contributed by atoms with van der Waals surface area (Å²) in [6, 6.07) is 15.1. The van der Waals surface area contributed by atoms with Crippen molar-refractivity contribution in [3.8, 4) is 11.5 Å². The highest BCUT2D eigenvalue weighted by atomic mass is 79.9. The molecule has 0 unspecified atom stereocenters. The predicted molar refractivity (Wildman–Crippen MR) is 97.5 cm³/mol. The maximum atomic E-state index is 11.7. The Morgan fingerprint density at radius 2 is 1.67 bits per heavy atom. The number of para-hydroxylation sites is 2. The topological polar surface area (TPSA) is 59.6 Å². The van der Waals surface area contributed by atoms with Gasteiger partial charge < -0.3 is 20.1 Å². The van der Waals surface area contributed by atoms with Gasteiger partial charge in [0.05, 0.1) is 6.61 Å². The number of hydrogen-bond acceptors (Lipinski definition) is 3. The van der Waals surface area contributed by atoms with Gasteiger partial charge in [0.2, 0.25) is 0 Å². The van der Waals surface area contributed by atoms with Crippen molar-refractivity contribution in [1.29, 1.82) is 0 Å². The highest BCUT2D eigenvalue weighted by Crippen LogP contribution is 2.25. The molecule has 5 nitrogen and oxygen atoms in total. The second kappa shape index (κ2) is 9.82. The summed E-state index contributed by atoms with van der Waals surface area (Å²) in [5, 5.41) is 5.46. The van der Waals surface area contributed by atoms with Crippen molar-refractivity contribution < 1.29 is 14.3 Å². The number of urea groups is 1. The van der Waals surface area contributed by atoms with Gasteiger partial charge >= 0.3 is 6.03 Å². The van der Waals surface area contributed by atoms with Crippen LogP contribution in [0.2, 0.25) is 0 Å². The summed E-state index contributed by atoms with van der Waals surface area (Å²) in [6.45, 7) is 3.11. The largest absolute Gasteiger partial charge is 0.490 e. The van der Waals surface area contributed by atoms with Gasteiger partial charge in [0, 0.05) is 11.0 Å². The average Bonchev–Trinajstić information content (AvgIpc) is 2.58. The van der Waals surface area contributed by atoms with Gasteiger partial charge in [-0.25, -0.2) is 4.79 Å². The Morgan fingerprint density at radius 3 is 2.33 bits per heavy atom. The minimum absolute atomic E-state index is 0.0776. The molecule has 0 bridgehead atoms. The number of ether oxygens (including phenoxy) is 2. The molecule has 6 heteroatoms. The van der Waals surface area contributed by atoms with Gasteiger partial charge in [-0.1, -0.05) is 40.2 Å². The molecule has 0 fully saturated rings. The minimum Gasteiger partial charge on any atom is -0.490 e. The van der Waals surface area contributed by atoms with E-state index in [1.54, 1.807) is 6.07 Å². The lowest BCUT2D eigenvalue weighted by Gasteiger charge is -2.12. The van der Waals surface area contributed by atoms with Gasteiger partial charge in [-0.3, -0.25) is 0 Å². The quantitative estimate of drug-likeness (QED) is 0.672. The molecule has 2 aromatic rings. The van der Waals surface area contributed by atoms with Gasteiger partial charge in [0.25, 0.3) is 0 Å². The molecule has 0 heterocycles. The Labute approximate surface area is 150 Å². The fourth-order valence-electron chi connectivity index (χ4n) is 2.06. The molecular weight excluding hydrogens is 372 g/mol. The zero-order valence-electron chi connectivity index (χ0n) is 13.5. The van der Waals surface area contributed by atoms with Crippen LogP contribution in [0.15, 0.2) is 53.0 Å². The molecule has 0 aliphatic rings. The smallest absolute Gasteiger partial charge is 0.317 e. The Kier molecular flexibility index (Phi) is 7.42. The van der Waals surface area contributed by atoms with Gasteiger partial charge in [0.1, 0.15) is 0 Å². The Hall–Kier alpha value is -2.21. The van der Waals surface area contributed by atoms with Crippen LogP contribution in [0.4, 0.5) is 4.79 Å². The van der Waals surface area contributed by atoms with E-state index in [9.17, 15) is 4.79 Å². The molecular formula is C18H21BrN2O3. The number of amides is 2. The van der Waals surface area contributed by atoms with Crippen molar-refractivity contribution in [3.63, 3.8) is 0 Å². The van der Waals surface area contributed by atoms with E-state index in [1.807, 2.05) is 49.4 Å². The van der Waals surface area contributed by atoms with E-state index in [0.29, 0.717) is 24.7 Å². The molecule has 2 N–H and O–H groups in total. The molecule has 0 radical (unpaired) electrons. The van der Waals surface area contributed by atoms with Crippen molar-refractivity contribution in [2.24, 2.45) is 0 Å². The first-order valence-corrected chi connectivity index (χ1v) is 8.59. The van der Waals surface area contributed by atoms with E-state index in [0.717, 1.165) is 10.9 Å². The molecule has 0 saturated heterocycles. The second-order valence-corrected chi connectivity index (χ2v) is 5.89. The maximum Gasteiger partial charge on any atom is 0.317 e. The molecule has 0 aromatic heterocycles. The van der Waals surface area contributed by atoms with Crippen LogP contribution >= 0.6 is 15.9 Å².